The quantitative estimate of drug-likeness (QED) is 0.745. The van der Waals surface area contributed by atoms with Gasteiger partial charge in [0.2, 0.25) is 11.8 Å². The SMILES string of the molecule is COCC(N)C(=O)Nc1onc(C)c1C. The van der Waals surface area contributed by atoms with Crippen molar-refractivity contribution in [2.24, 2.45) is 5.73 Å². The molecule has 1 heterocycles. The van der Waals surface area contributed by atoms with Crippen molar-refractivity contribution >= 4 is 11.8 Å². The van der Waals surface area contributed by atoms with Gasteiger partial charge in [0.15, 0.2) is 0 Å². The Balaban J connectivity index is 2.62. The van der Waals surface area contributed by atoms with Crippen LogP contribution in [0.25, 0.3) is 0 Å². The van der Waals surface area contributed by atoms with Gasteiger partial charge in [0.1, 0.15) is 6.04 Å². The monoisotopic (exact) mass is 213 g/mol. The second-order valence-corrected chi connectivity index (χ2v) is 3.27. The van der Waals surface area contributed by atoms with Crippen molar-refractivity contribution in [3.63, 3.8) is 0 Å². The fourth-order valence-corrected chi connectivity index (χ4v) is 0.992. The Labute approximate surface area is 87.8 Å². The molecule has 84 valence electrons. The molecule has 6 heteroatoms. The van der Waals surface area contributed by atoms with Crippen LogP contribution in [0, 0.1) is 13.8 Å². The zero-order valence-corrected chi connectivity index (χ0v) is 9.03. The van der Waals surface area contributed by atoms with Gasteiger partial charge >= 0.3 is 0 Å². The predicted octanol–water partition coefficient (Wildman–Crippen LogP) is 0.204. The molecule has 0 aromatic carbocycles. The number of aromatic nitrogens is 1. The second-order valence-electron chi connectivity index (χ2n) is 3.27. The van der Waals surface area contributed by atoms with E-state index in [4.69, 9.17) is 15.0 Å². The molecule has 6 nitrogen and oxygen atoms in total. The molecule has 0 aliphatic heterocycles. The molecule has 1 rings (SSSR count). The lowest BCUT2D eigenvalue weighted by Crippen LogP contribution is -2.39. The first-order valence-corrected chi connectivity index (χ1v) is 4.54. The summed E-state index contributed by atoms with van der Waals surface area (Å²) >= 11 is 0. The normalized spacial score (nSPS) is 12.5. The van der Waals surface area contributed by atoms with Crippen LogP contribution in [-0.2, 0) is 9.53 Å². The Kier molecular flexibility index (Phi) is 3.81. The third-order valence-corrected chi connectivity index (χ3v) is 2.08. The summed E-state index contributed by atoms with van der Waals surface area (Å²) in [6, 6.07) is -0.709. The summed E-state index contributed by atoms with van der Waals surface area (Å²) in [5.74, 6) is -0.0137. The number of nitrogens with two attached hydrogens (primary N) is 1. The molecule has 0 aliphatic carbocycles. The van der Waals surface area contributed by atoms with Crippen molar-refractivity contribution in [2.45, 2.75) is 19.9 Å². The summed E-state index contributed by atoms with van der Waals surface area (Å²) in [4.78, 5) is 11.5. The minimum atomic E-state index is -0.709. The Morgan fingerprint density at radius 3 is 2.80 bits per heavy atom. The van der Waals surface area contributed by atoms with Gasteiger partial charge in [-0.3, -0.25) is 10.1 Å². The van der Waals surface area contributed by atoms with Crippen LogP contribution >= 0.6 is 0 Å². The van der Waals surface area contributed by atoms with E-state index in [-0.39, 0.29) is 12.5 Å². The summed E-state index contributed by atoms with van der Waals surface area (Å²) < 4.78 is 9.68. The van der Waals surface area contributed by atoms with Gasteiger partial charge in [-0.1, -0.05) is 5.16 Å². The van der Waals surface area contributed by atoms with Crippen molar-refractivity contribution in [1.29, 1.82) is 0 Å². The minimum Gasteiger partial charge on any atom is -0.383 e. The lowest BCUT2D eigenvalue weighted by atomic mass is 10.2. The van der Waals surface area contributed by atoms with Crippen LogP contribution in [0.5, 0.6) is 0 Å². The molecule has 0 radical (unpaired) electrons. The first-order chi connectivity index (χ1) is 7.06. The number of hydrogen-bond donors (Lipinski definition) is 2. The number of carbonyl (C=O) groups is 1. The maximum Gasteiger partial charge on any atom is 0.246 e. The van der Waals surface area contributed by atoms with E-state index in [1.165, 1.54) is 7.11 Å². The molecule has 1 aromatic rings. The van der Waals surface area contributed by atoms with Crippen molar-refractivity contribution < 1.29 is 14.1 Å². The molecule has 0 aliphatic rings. The molecule has 1 unspecified atom stereocenters. The lowest BCUT2D eigenvalue weighted by Gasteiger charge is -2.09. The number of ether oxygens (including phenoxy) is 1. The zero-order valence-electron chi connectivity index (χ0n) is 9.03. The van der Waals surface area contributed by atoms with Gasteiger partial charge < -0.3 is 15.0 Å². The highest BCUT2D eigenvalue weighted by atomic mass is 16.5. The molecule has 0 bridgehead atoms. The highest BCUT2D eigenvalue weighted by Crippen LogP contribution is 2.17. The van der Waals surface area contributed by atoms with Crippen molar-refractivity contribution in [1.82, 2.24) is 5.16 Å². The van der Waals surface area contributed by atoms with E-state index in [0.717, 1.165) is 11.3 Å². The molecule has 0 fully saturated rings. The van der Waals surface area contributed by atoms with E-state index < -0.39 is 6.04 Å². The molecular formula is C9H15N3O3. The van der Waals surface area contributed by atoms with Gasteiger partial charge in [0.05, 0.1) is 12.3 Å². The first kappa shape index (κ1) is 11.7. The van der Waals surface area contributed by atoms with Crippen LogP contribution in [-0.4, -0.2) is 30.8 Å². The highest BCUT2D eigenvalue weighted by molar-refractivity contribution is 5.94. The number of amides is 1. The van der Waals surface area contributed by atoms with Crippen LogP contribution in [0.1, 0.15) is 11.3 Å². The van der Waals surface area contributed by atoms with Crippen LogP contribution in [0.4, 0.5) is 5.88 Å². The molecule has 0 spiro atoms. The maximum absolute atomic E-state index is 11.5. The molecular weight excluding hydrogens is 198 g/mol. The summed E-state index contributed by atoms with van der Waals surface area (Å²) in [5.41, 5.74) is 7.07. The first-order valence-electron chi connectivity index (χ1n) is 4.54. The molecule has 0 saturated carbocycles. The second kappa shape index (κ2) is 4.90. The van der Waals surface area contributed by atoms with E-state index in [1.54, 1.807) is 6.92 Å². The number of aryl methyl sites for hydroxylation is 1. The number of methoxy groups -OCH3 is 1. The molecule has 1 atom stereocenters. The number of nitrogens with one attached hydrogen (secondary N) is 1. The average Bonchev–Trinajstić information content (AvgIpc) is 2.50. The van der Waals surface area contributed by atoms with E-state index in [9.17, 15) is 4.79 Å². The number of hydrogen-bond acceptors (Lipinski definition) is 5. The number of nitrogens with zero attached hydrogens (tertiary/aromatic N) is 1. The Hall–Kier alpha value is -1.40. The average molecular weight is 213 g/mol. The van der Waals surface area contributed by atoms with Gasteiger partial charge in [0.25, 0.3) is 0 Å². The van der Waals surface area contributed by atoms with Crippen LogP contribution in [0.15, 0.2) is 4.52 Å². The number of carbonyl (C=O) groups excluding carboxylic acids is 1. The van der Waals surface area contributed by atoms with Crippen LogP contribution in [0.3, 0.4) is 0 Å². The third kappa shape index (κ3) is 2.77. The highest BCUT2D eigenvalue weighted by Gasteiger charge is 2.17. The van der Waals surface area contributed by atoms with Crippen molar-refractivity contribution in [3.05, 3.63) is 11.3 Å². The molecule has 0 saturated heterocycles. The van der Waals surface area contributed by atoms with Crippen LogP contribution < -0.4 is 11.1 Å². The zero-order chi connectivity index (χ0) is 11.4. The van der Waals surface area contributed by atoms with Crippen molar-refractivity contribution in [2.75, 3.05) is 19.0 Å². The van der Waals surface area contributed by atoms with Gasteiger partial charge in [0, 0.05) is 12.7 Å². The topological polar surface area (TPSA) is 90.4 Å². The standard InChI is InChI=1S/C9H15N3O3/c1-5-6(2)12-15-9(5)11-8(13)7(10)4-14-3/h7H,4,10H2,1-3H3,(H,11,13). The van der Waals surface area contributed by atoms with Gasteiger partial charge in [-0.2, -0.15) is 0 Å². The van der Waals surface area contributed by atoms with E-state index >= 15 is 0 Å². The van der Waals surface area contributed by atoms with E-state index in [1.807, 2.05) is 6.92 Å². The van der Waals surface area contributed by atoms with Gasteiger partial charge in [-0.05, 0) is 13.8 Å². The smallest absolute Gasteiger partial charge is 0.246 e. The summed E-state index contributed by atoms with van der Waals surface area (Å²) in [6.45, 7) is 3.77. The molecule has 15 heavy (non-hydrogen) atoms. The number of anilines is 1. The minimum absolute atomic E-state index is 0.165. The molecule has 3 N–H and O–H groups in total. The predicted molar refractivity (Wildman–Crippen MR) is 54.5 cm³/mol. The largest absolute Gasteiger partial charge is 0.383 e. The summed E-state index contributed by atoms with van der Waals surface area (Å²) in [6.07, 6.45) is 0. The third-order valence-electron chi connectivity index (χ3n) is 2.08. The Morgan fingerprint density at radius 1 is 1.67 bits per heavy atom. The maximum atomic E-state index is 11.5. The summed E-state index contributed by atoms with van der Waals surface area (Å²) in [5, 5.41) is 6.26. The summed E-state index contributed by atoms with van der Waals surface area (Å²) in [7, 11) is 1.48. The van der Waals surface area contributed by atoms with Gasteiger partial charge in [-0.15, -0.1) is 0 Å². The van der Waals surface area contributed by atoms with E-state index in [0.29, 0.717) is 5.88 Å². The fourth-order valence-electron chi connectivity index (χ4n) is 0.992. The molecule has 1 aromatic heterocycles. The Morgan fingerprint density at radius 2 is 2.33 bits per heavy atom. The number of rotatable bonds is 4. The Bertz CT molecular complexity index is 348. The fraction of sp³-hybridized carbons (Fsp3) is 0.556. The van der Waals surface area contributed by atoms with Gasteiger partial charge in [-0.25, -0.2) is 0 Å². The lowest BCUT2D eigenvalue weighted by molar-refractivity contribution is -0.118. The molecule has 1 amide bonds. The van der Waals surface area contributed by atoms with Crippen LogP contribution in [0.2, 0.25) is 0 Å². The van der Waals surface area contributed by atoms with Crippen molar-refractivity contribution in [3.8, 4) is 0 Å². The van der Waals surface area contributed by atoms with E-state index in [2.05, 4.69) is 10.5 Å².